The summed E-state index contributed by atoms with van der Waals surface area (Å²) in [5, 5.41) is 3.42. The molecule has 0 aromatic heterocycles. The summed E-state index contributed by atoms with van der Waals surface area (Å²) in [7, 11) is 4.28. The molecule has 1 aliphatic rings. The first-order valence-electron chi connectivity index (χ1n) is 7.31. The van der Waals surface area contributed by atoms with Crippen LogP contribution in [0.2, 0.25) is 0 Å². The highest BCUT2D eigenvalue weighted by molar-refractivity contribution is 5.56. The molecule has 19 heavy (non-hydrogen) atoms. The first-order chi connectivity index (χ1) is 9.08. The molecule has 3 heteroatoms. The third-order valence-corrected chi connectivity index (χ3v) is 3.71. The highest BCUT2D eigenvalue weighted by Gasteiger charge is 2.15. The number of hydrogen-bond acceptors (Lipinski definition) is 3. The van der Waals surface area contributed by atoms with Crippen LogP contribution in [0.4, 0.5) is 5.69 Å². The van der Waals surface area contributed by atoms with E-state index in [0.717, 1.165) is 32.7 Å². The van der Waals surface area contributed by atoms with E-state index in [1.807, 2.05) is 0 Å². The summed E-state index contributed by atoms with van der Waals surface area (Å²) in [6.07, 6.45) is 0. The predicted octanol–water partition coefficient (Wildman–Crippen LogP) is 2.28. The maximum absolute atomic E-state index is 3.42. The minimum Gasteiger partial charge on any atom is -0.369 e. The molecule has 1 aromatic carbocycles. The lowest BCUT2D eigenvalue weighted by Gasteiger charge is -2.32. The fourth-order valence-electron chi connectivity index (χ4n) is 2.65. The van der Waals surface area contributed by atoms with Crippen LogP contribution in [0.3, 0.4) is 0 Å². The molecule has 0 radical (unpaired) electrons. The molecule has 106 valence electrons. The first kappa shape index (κ1) is 14.4. The standard InChI is InChI=1S/C16H27N3/c1-13(2)14-5-6-16(15(11-14)12-18(3)4)19-9-7-17-8-10-19/h5-6,11,13,17H,7-10,12H2,1-4H3. The molecule has 3 nitrogen and oxygen atoms in total. The molecule has 1 N–H and O–H groups in total. The molecule has 2 rings (SSSR count). The molecule has 0 amide bonds. The normalized spacial score (nSPS) is 16.4. The van der Waals surface area contributed by atoms with Gasteiger partial charge in [0.2, 0.25) is 0 Å². The third-order valence-electron chi connectivity index (χ3n) is 3.71. The number of rotatable bonds is 4. The highest BCUT2D eigenvalue weighted by atomic mass is 15.2. The van der Waals surface area contributed by atoms with E-state index in [-0.39, 0.29) is 0 Å². The van der Waals surface area contributed by atoms with Gasteiger partial charge in [-0.25, -0.2) is 0 Å². The van der Waals surface area contributed by atoms with Gasteiger partial charge in [-0.1, -0.05) is 26.0 Å². The van der Waals surface area contributed by atoms with Crippen LogP contribution in [0.15, 0.2) is 18.2 Å². The number of nitrogens with zero attached hydrogens (tertiary/aromatic N) is 2. The first-order valence-corrected chi connectivity index (χ1v) is 7.31. The molecule has 0 atom stereocenters. The van der Waals surface area contributed by atoms with Gasteiger partial charge in [-0.2, -0.15) is 0 Å². The largest absolute Gasteiger partial charge is 0.369 e. The topological polar surface area (TPSA) is 18.5 Å². The van der Waals surface area contributed by atoms with Gasteiger partial charge < -0.3 is 15.1 Å². The summed E-state index contributed by atoms with van der Waals surface area (Å²) >= 11 is 0. The minimum absolute atomic E-state index is 0.595. The highest BCUT2D eigenvalue weighted by Crippen LogP contribution is 2.26. The van der Waals surface area contributed by atoms with Crippen LogP contribution in [0.25, 0.3) is 0 Å². The molecular formula is C16H27N3. The van der Waals surface area contributed by atoms with Crippen molar-refractivity contribution in [3.63, 3.8) is 0 Å². The third kappa shape index (κ3) is 3.71. The molecule has 0 saturated carbocycles. The van der Waals surface area contributed by atoms with Crippen molar-refractivity contribution in [3.8, 4) is 0 Å². The number of hydrogen-bond donors (Lipinski definition) is 1. The minimum atomic E-state index is 0.595. The van der Waals surface area contributed by atoms with Crippen molar-refractivity contribution in [2.24, 2.45) is 0 Å². The van der Waals surface area contributed by atoms with Gasteiger partial charge in [-0.05, 0) is 37.2 Å². The van der Waals surface area contributed by atoms with Crippen LogP contribution in [-0.2, 0) is 6.54 Å². The average Bonchev–Trinajstić information content (AvgIpc) is 2.39. The van der Waals surface area contributed by atoms with Gasteiger partial charge in [-0.3, -0.25) is 0 Å². The van der Waals surface area contributed by atoms with E-state index in [1.54, 1.807) is 0 Å². The van der Waals surface area contributed by atoms with Crippen molar-refractivity contribution in [1.29, 1.82) is 0 Å². The lowest BCUT2D eigenvalue weighted by molar-refractivity contribution is 0.402. The van der Waals surface area contributed by atoms with Crippen LogP contribution < -0.4 is 10.2 Å². The Kier molecular flexibility index (Phi) is 4.83. The zero-order chi connectivity index (χ0) is 13.8. The SMILES string of the molecule is CC(C)c1ccc(N2CCNCC2)c(CN(C)C)c1. The van der Waals surface area contributed by atoms with E-state index < -0.39 is 0 Å². The molecule has 1 heterocycles. The summed E-state index contributed by atoms with van der Waals surface area (Å²) in [6.45, 7) is 9.95. The zero-order valence-electron chi connectivity index (χ0n) is 12.7. The van der Waals surface area contributed by atoms with Gasteiger partial charge in [0.05, 0.1) is 0 Å². The van der Waals surface area contributed by atoms with E-state index in [9.17, 15) is 0 Å². The molecule has 0 aliphatic carbocycles. The monoisotopic (exact) mass is 261 g/mol. The molecule has 1 fully saturated rings. The van der Waals surface area contributed by atoms with Gasteiger partial charge in [-0.15, -0.1) is 0 Å². The van der Waals surface area contributed by atoms with E-state index in [1.165, 1.54) is 16.8 Å². The molecule has 1 aromatic rings. The van der Waals surface area contributed by atoms with Crippen LogP contribution >= 0.6 is 0 Å². The Morgan fingerprint density at radius 3 is 2.47 bits per heavy atom. The van der Waals surface area contributed by atoms with Crippen molar-refractivity contribution >= 4 is 5.69 Å². The second-order valence-electron chi connectivity index (χ2n) is 6.02. The number of benzene rings is 1. The van der Waals surface area contributed by atoms with Gasteiger partial charge in [0.25, 0.3) is 0 Å². The van der Waals surface area contributed by atoms with Gasteiger partial charge >= 0.3 is 0 Å². The quantitative estimate of drug-likeness (QED) is 0.897. The smallest absolute Gasteiger partial charge is 0.0413 e. The summed E-state index contributed by atoms with van der Waals surface area (Å²) in [5.74, 6) is 0.595. The maximum Gasteiger partial charge on any atom is 0.0413 e. The van der Waals surface area contributed by atoms with Gasteiger partial charge in [0.15, 0.2) is 0 Å². The second kappa shape index (κ2) is 6.40. The van der Waals surface area contributed by atoms with E-state index in [0.29, 0.717) is 5.92 Å². The van der Waals surface area contributed by atoms with Crippen molar-refractivity contribution in [3.05, 3.63) is 29.3 Å². The Labute approximate surface area is 117 Å². The Morgan fingerprint density at radius 1 is 1.21 bits per heavy atom. The molecular weight excluding hydrogens is 234 g/mol. The number of nitrogens with one attached hydrogen (secondary N) is 1. The summed E-state index contributed by atoms with van der Waals surface area (Å²) < 4.78 is 0. The lowest BCUT2D eigenvalue weighted by atomic mass is 9.98. The number of anilines is 1. The van der Waals surface area contributed by atoms with E-state index in [2.05, 4.69) is 61.3 Å². The number of piperazine rings is 1. The van der Waals surface area contributed by atoms with E-state index in [4.69, 9.17) is 0 Å². The Bertz CT molecular complexity index is 406. The maximum atomic E-state index is 3.42. The molecule has 0 unspecified atom stereocenters. The summed E-state index contributed by atoms with van der Waals surface area (Å²) in [6, 6.07) is 7.00. The van der Waals surface area contributed by atoms with Crippen LogP contribution in [0, 0.1) is 0 Å². The van der Waals surface area contributed by atoms with Crippen molar-refractivity contribution < 1.29 is 0 Å². The fraction of sp³-hybridized carbons (Fsp3) is 0.625. The Hall–Kier alpha value is -1.06. The van der Waals surface area contributed by atoms with Crippen LogP contribution in [-0.4, -0.2) is 45.2 Å². The Morgan fingerprint density at radius 2 is 1.89 bits per heavy atom. The van der Waals surface area contributed by atoms with Gasteiger partial charge in [0, 0.05) is 38.4 Å². The molecule has 1 aliphatic heterocycles. The summed E-state index contributed by atoms with van der Waals surface area (Å²) in [5.41, 5.74) is 4.31. The van der Waals surface area contributed by atoms with Crippen molar-refractivity contribution in [2.75, 3.05) is 45.2 Å². The lowest BCUT2D eigenvalue weighted by Crippen LogP contribution is -2.44. The molecule has 0 spiro atoms. The average molecular weight is 261 g/mol. The van der Waals surface area contributed by atoms with Gasteiger partial charge in [0.1, 0.15) is 0 Å². The van der Waals surface area contributed by atoms with Crippen LogP contribution in [0.5, 0.6) is 0 Å². The zero-order valence-corrected chi connectivity index (χ0v) is 12.7. The summed E-state index contributed by atoms with van der Waals surface area (Å²) in [4.78, 5) is 4.77. The molecule has 0 bridgehead atoms. The molecule has 1 saturated heterocycles. The Balaban J connectivity index is 2.29. The second-order valence-corrected chi connectivity index (χ2v) is 6.02. The van der Waals surface area contributed by atoms with E-state index >= 15 is 0 Å². The van der Waals surface area contributed by atoms with Crippen molar-refractivity contribution in [2.45, 2.75) is 26.3 Å². The van der Waals surface area contributed by atoms with Crippen LogP contribution in [0.1, 0.15) is 30.9 Å². The van der Waals surface area contributed by atoms with Crippen molar-refractivity contribution in [1.82, 2.24) is 10.2 Å². The predicted molar refractivity (Wildman–Crippen MR) is 83.0 cm³/mol. The fourth-order valence-corrected chi connectivity index (χ4v) is 2.65.